The minimum absolute atomic E-state index is 0.0441. The van der Waals surface area contributed by atoms with Crippen LogP contribution in [0.2, 0.25) is 0 Å². The van der Waals surface area contributed by atoms with Gasteiger partial charge in [0.2, 0.25) is 11.7 Å². The SMILES string of the molecule is CC(C)c1ccc(-c2nnn(CC(=O)N(C)c3ccccc3)n2)cc1. The molecule has 1 amide bonds. The molecule has 0 aliphatic heterocycles. The van der Waals surface area contributed by atoms with Gasteiger partial charge in [0, 0.05) is 18.3 Å². The minimum Gasteiger partial charge on any atom is -0.314 e. The standard InChI is InChI=1S/C19H21N5O/c1-14(2)15-9-11-16(12-10-15)19-20-22-24(21-19)13-18(25)23(3)17-7-5-4-6-8-17/h4-12,14H,13H2,1-3H3. The summed E-state index contributed by atoms with van der Waals surface area (Å²) in [6.45, 7) is 4.35. The summed E-state index contributed by atoms with van der Waals surface area (Å²) in [7, 11) is 1.74. The van der Waals surface area contributed by atoms with Gasteiger partial charge < -0.3 is 4.90 Å². The van der Waals surface area contributed by atoms with Crippen LogP contribution < -0.4 is 4.90 Å². The second-order valence-electron chi connectivity index (χ2n) is 6.21. The van der Waals surface area contributed by atoms with Crippen molar-refractivity contribution >= 4 is 11.6 Å². The van der Waals surface area contributed by atoms with Crippen molar-refractivity contribution in [3.63, 3.8) is 0 Å². The fourth-order valence-electron chi connectivity index (χ4n) is 2.47. The van der Waals surface area contributed by atoms with Gasteiger partial charge in [-0.2, -0.15) is 4.80 Å². The summed E-state index contributed by atoms with van der Waals surface area (Å²) in [6, 6.07) is 17.6. The van der Waals surface area contributed by atoms with E-state index in [1.807, 2.05) is 42.5 Å². The van der Waals surface area contributed by atoms with E-state index in [0.717, 1.165) is 11.3 Å². The van der Waals surface area contributed by atoms with E-state index in [0.29, 0.717) is 11.7 Å². The Morgan fingerprint density at radius 2 is 1.76 bits per heavy atom. The van der Waals surface area contributed by atoms with Crippen LogP contribution in [0.4, 0.5) is 5.69 Å². The molecule has 0 aliphatic rings. The summed E-state index contributed by atoms with van der Waals surface area (Å²) in [4.78, 5) is 15.3. The number of tetrazole rings is 1. The third-order valence-electron chi connectivity index (χ3n) is 4.08. The van der Waals surface area contributed by atoms with Gasteiger partial charge in [0.1, 0.15) is 6.54 Å². The molecular formula is C19H21N5O. The number of nitrogens with zero attached hydrogens (tertiary/aromatic N) is 5. The molecule has 0 aliphatic carbocycles. The van der Waals surface area contributed by atoms with E-state index in [1.165, 1.54) is 10.4 Å². The second kappa shape index (κ2) is 7.25. The lowest BCUT2D eigenvalue weighted by Crippen LogP contribution is -2.30. The van der Waals surface area contributed by atoms with Crippen LogP contribution in [0.3, 0.4) is 0 Å². The molecule has 6 nitrogen and oxygen atoms in total. The zero-order chi connectivity index (χ0) is 17.8. The molecule has 0 spiro atoms. The van der Waals surface area contributed by atoms with E-state index in [1.54, 1.807) is 11.9 Å². The number of para-hydroxylation sites is 1. The maximum atomic E-state index is 12.4. The zero-order valence-corrected chi connectivity index (χ0v) is 14.6. The molecule has 0 bridgehead atoms. The van der Waals surface area contributed by atoms with Gasteiger partial charge >= 0.3 is 0 Å². The highest BCUT2D eigenvalue weighted by molar-refractivity contribution is 5.92. The molecule has 3 rings (SSSR count). The van der Waals surface area contributed by atoms with Gasteiger partial charge in [-0.15, -0.1) is 10.2 Å². The van der Waals surface area contributed by atoms with Crippen LogP contribution in [-0.2, 0) is 11.3 Å². The van der Waals surface area contributed by atoms with E-state index >= 15 is 0 Å². The molecule has 0 N–H and O–H groups in total. The number of anilines is 1. The van der Waals surface area contributed by atoms with Crippen LogP contribution in [0, 0.1) is 0 Å². The van der Waals surface area contributed by atoms with Gasteiger partial charge in [0.15, 0.2) is 0 Å². The third-order valence-corrected chi connectivity index (χ3v) is 4.08. The van der Waals surface area contributed by atoms with Crippen LogP contribution in [0.15, 0.2) is 54.6 Å². The summed E-state index contributed by atoms with van der Waals surface area (Å²) >= 11 is 0. The Morgan fingerprint density at radius 3 is 2.40 bits per heavy atom. The molecule has 2 aromatic carbocycles. The number of carbonyl (C=O) groups excluding carboxylic acids is 1. The van der Waals surface area contributed by atoms with Crippen LogP contribution >= 0.6 is 0 Å². The number of hydrogen-bond donors (Lipinski definition) is 0. The third kappa shape index (κ3) is 3.91. The normalized spacial score (nSPS) is 10.9. The Balaban J connectivity index is 1.70. The number of amides is 1. The molecule has 0 fully saturated rings. The predicted octanol–water partition coefficient (Wildman–Crippen LogP) is 3.13. The van der Waals surface area contributed by atoms with Gasteiger partial charge in [0.25, 0.3) is 0 Å². The minimum atomic E-state index is -0.106. The van der Waals surface area contributed by atoms with E-state index in [9.17, 15) is 4.79 Å². The molecule has 1 aromatic heterocycles. The average Bonchev–Trinajstić information content (AvgIpc) is 3.10. The first kappa shape index (κ1) is 16.8. The van der Waals surface area contributed by atoms with Crippen molar-refractivity contribution in [2.75, 3.05) is 11.9 Å². The van der Waals surface area contributed by atoms with Gasteiger partial charge in [-0.3, -0.25) is 4.79 Å². The lowest BCUT2D eigenvalue weighted by atomic mass is 10.0. The number of hydrogen-bond acceptors (Lipinski definition) is 4. The summed E-state index contributed by atoms with van der Waals surface area (Å²) in [6.07, 6.45) is 0. The monoisotopic (exact) mass is 335 g/mol. The number of rotatable bonds is 5. The lowest BCUT2D eigenvalue weighted by molar-refractivity contribution is -0.119. The Morgan fingerprint density at radius 1 is 1.08 bits per heavy atom. The number of carbonyl (C=O) groups is 1. The first-order valence-electron chi connectivity index (χ1n) is 8.24. The quantitative estimate of drug-likeness (QED) is 0.718. The largest absolute Gasteiger partial charge is 0.314 e. The maximum absolute atomic E-state index is 12.4. The molecule has 0 saturated heterocycles. The predicted molar refractivity (Wildman–Crippen MR) is 97.2 cm³/mol. The highest BCUT2D eigenvalue weighted by atomic mass is 16.2. The highest BCUT2D eigenvalue weighted by Crippen LogP contribution is 2.19. The van der Waals surface area contributed by atoms with Crippen molar-refractivity contribution in [3.8, 4) is 11.4 Å². The first-order chi connectivity index (χ1) is 12.0. The van der Waals surface area contributed by atoms with Gasteiger partial charge in [-0.05, 0) is 28.8 Å². The smallest absolute Gasteiger partial charge is 0.250 e. The first-order valence-corrected chi connectivity index (χ1v) is 8.24. The fraction of sp³-hybridized carbons (Fsp3) is 0.263. The van der Waals surface area contributed by atoms with Gasteiger partial charge in [0.05, 0.1) is 0 Å². The Labute approximate surface area is 147 Å². The Hall–Kier alpha value is -3.02. The topological polar surface area (TPSA) is 63.9 Å². The van der Waals surface area contributed by atoms with E-state index in [4.69, 9.17) is 0 Å². The van der Waals surface area contributed by atoms with Crippen molar-refractivity contribution < 1.29 is 4.79 Å². The van der Waals surface area contributed by atoms with Gasteiger partial charge in [-0.1, -0.05) is 56.3 Å². The molecule has 25 heavy (non-hydrogen) atoms. The zero-order valence-electron chi connectivity index (χ0n) is 14.6. The van der Waals surface area contributed by atoms with Crippen LogP contribution in [0.1, 0.15) is 25.3 Å². The molecule has 1 heterocycles. The number of benzene rings is 2. The van der Waals surface area contributed by atoms with Gasteiger partial charge in [-0.25, -0.2) is 0 Å². The number of aromatic nitrogens is 4. The molecule has 0 radical (unpaired) electrons. The fourth-order valence-corrected chi connectivity index (χ4v) is 2.47. The van der Waals surface area contributed by atoms with Crippen molar-refractivity contribution in [2.24, 2.45) is 0 Å². The lowest BCUT2D eigenvalue weighted by Gasteiger charge is -2.16. The van der Waals surface area contributed by atoms with Crippen molar-refractivity contribution in [2.45, 2.75) is 26.3 Å². The van der Waals surface area contributed by atoms with Crippen molar-refractivity contribution in [3.05, 3.63) is 60.2 Å². The molecule has 128 valence electrons. The molecule has 6 heteroatoms. The van der Waals surface area contributed by atoms with Crippen LogP contribution in [0.5, 0.6) is 0 Å². The summed E-state index contributed by atoms with van der Waals surface area (Å²) in [5, 5.41) is 12.4. The summed E-state index contributed by atoms with van der Waals surface area (Å²) in [5.41, 5.74) is 2.98. The highest BCUT2D eigenvalue weighted by Gasteiger charge is 2.14. The molecular weight excluding hydrogens is 314 g/mol. The van der Waals surface area contributed by atoms with Crippen molar-refractivity contribution in [1.29, 1.82) is 0 Å². The molecule has 0 unspecified atom stereocenters. The molecule has 0 atom stereocenters. The molecule has 0 saturated carbocycles. The average molecular weight is 335 g/mol. The number of likely N-dealkylation sites (N-methyl/N-ethyl adjacent to an activating group) is 1. The summed E-state index contributed by atoms with van der Waals surface area (Å²) in [5.74, 6) is 0.889. The van der Waals surface area contributed by atoms with E-state index in [2.05, 4.69) is 41.4 Å². The Kier molecular flexibility index (Phi) is 4.88. The van der Waals surface area contributed by atoms with Crippen LogP contribution in [-0.4, -0.2) is 33.2 Å². The van der Waals surface area contributed by atoms with Crippen molar-refractivity contribution in [1.82, 2.24) is 20.2 Å². The van der Waals surface area contributed by atoms with E-state index in [-0.39, 0.29) is 12.5 Å². The maximum Gasteiger partial charge on any atom is 0.250 e. The molecule has 3 aromatic rings. The van der Waals surface area contributed by atoms with E-state index < -0.39 is 0 Å². The summed E-state index contributed by atoms with van der Waals surface area (Å²) < 4.78 is 0. The van der Waals surface area contributed by atoms with Crippen LogP contribution in [0.25, 0.3) is 11.4 Å². The Bertz CT molecular complexity index is 840. The second-order valence-corrected chi connectivity index (χ2v) is 6.21.